The third-order valence-electron chi connectivity index (χ3n) is 5.63. The number of carbonyl (C=O) groups excluding carboxylic acids is 1. The largest absolute Gasteiger partial charge is 0.379 e. The Labute approximate surface area is 198 Å². The maximum atomic E-state index is 13.8. The van der Waals surface area contributed by atoms with Gasteiger partial charge in [0.05, 0.1) is 24.2 Å². The molecule has 0 radical (unpaired) electrons. The molecule has 1 aliphatic rings. The van der Waals surface area contributed by atoms with Gasteiger partial charge in [-0.15, -0.1) is 0 Å². The van der Waals surface area contributed by atoms with E-state index in [0.29, 0.717) is 37.6 Å². The van der Waals surface area contributed by atoms with Gasteiger partial charge in [0.15, 0.2) is 0 Å². The van der Waals surface area contributed by atoms with Crippen LogP contribution in [0.25, 0.3) is 0 Å². The summed E-state index contributed by atoms with van der Waals surface area (Å²) >= 11 is 0. The fourth-order valence-electron chi connectivity index (χ4n) is 3.86. The molecule has 7 nitrogen and oxygen atoms in total. The van der Waals surface area contributed by atoms with Crippen molar-refractivity contribution in [2.75, 3.05) is 37.6 Å². The Kier molecular flexibility index (Phi) is 7.56. The molecule has 9 heteroatoms. The van der Waals surface area contributed by atoms with Crippen LogP contribution in [0.2, 0.25) is 0 Å². The summed E-state index contributed by atoms with van der Waals surface area (Å²) in [6, 6.07) is 20.5. The van der Waals surface area contributed by atoms with Crippen LogP contribution in [-0.2, 0) is 14.8 Å². The molecule has 0 aliphatic carbocycles. The SMILES string of the molecule is O=C(NCC(c1cccc(F)c1)N1CCOCC1)c1ccc(S(=O)(=O)Nc2ccccc2)cc1. The van der Waals surface area contributed by atoms with E-state index < -0.39 is 10.0 Å². The molecule has 0 spiro atoms. The minimum absolute atomic E-state index is 0.0545. The highest BCUT2D eigenvalue weighted by molar-refractivity contribution is 7.92. The zero-order valence-electron chi connectivity index (χ0n) is 18.5. The van der Waals surface area contributed by atoms with Gasteiger partial charge in [0, 0.05) is 30.9 Å². The van der Waals surface area contributed by atoms with Gasteiger partial charge in [-0.05, 0) is 54.1 Å². The van der Waals surface area contributed by atoms with Crippen molar-refractivity contribution < 1.29 is 22.3 Å². The lowest BCUT2D eigenvalue weighted by molar-refractivity contribution is 0.0162. The number of para-hydroxylation sites is 1. The second-order valence-corrected chi connectivity index (χ2v) is 9.61. The lowest BCUT2D eigenvalue weighted by Crippen LogP contribution is -2.43. The van der Waals surface area contributed by atoms with E-state index in [0.717, 1.165) is 5.56 Å². The highest BCUT2D eigenvalue weighted by Crippen LogP contribution is 2.22. The number of nitrogens with one attached hydrogen (secondary N) is 2. The first-order valence-electron chi connectivity index (χ1n) is 11.0. The van der Waals surface area contributed by atoms with E-state index in [1.165, 1.54) is 36.4 Å². The molecule has 3 aromatic carbocycles. The Balaban J connectivity index is 1.44. The number of rotatable bonds is 8. The number of ether oxygens (including phenoxy) is 1. The number of hydrogen-bond donors (Lipinski definition) is 2. The summed E-state index contributed by atoms with van der Waals surface area (Å²) in [5, 5.41) is 2.90. The molecule has 1 fully saturated rings. The minimum atomic E-state index is -3.77. The molecular formula is C25H26FN3O4S. The monoisotopic (exact) mass is 483 g/mol. The number of nitrogens with zero attached hydrogens (tertiary/aromatic N) is 1. The summed E-state index contributed by atoms with van der Waals surface area (Å²) in [5.41, 5.74) is 1.56. The van der Waals surface area contributed by atoms with Gasteiger partial charge in [0.1, 0.15) is 5.82 Å². The molecule has 1 amide bonds. The van der Waals surface area contributed by atoms with Gasteiger partial charge >= 0.3 is 0 Å². The number of hydrogen-bond acceptors (Lipinski definition) is 5. The Morgan fingerprint density at radius 3 is 2.35 bits per heavy atom. The summed E-state index contributed by atoms with van der Waals surface area (Å²) in [4.78, 5) is 15.0. The Bertz CT molecular complexity index is 1210. The molecule has 0 aromatic heterocycles. The summed E-state index contributed by atoms with van der Waals surface area (Å²) in [5.74, 6) is -0.669. The van der Waals surface area contributed by atoms with E-state index in [1.54, 1.807) is 36.4 Å². The van der Waals surface area contributed by atoms with Crippen molar-refractivity contribution in [1.29, 1.82) is 0 Å². The summed E-state index contributed by atoms with van der Waals surface area (Å²) < 4.78 is 47.0. The number of morpholine rings is 1. The van der Waals surface area contributed by atoms with E-state index >= 15 is 0 Å². The third kappa shape index (κ3) is 5.99. The number of amides is 1. The van der Waals surface area contributed by atoms with Crippen LogP contribution in [0.3, 0.4) is 0 Å². The van der Waals surface area contributed by atoms with Gasteiger partial charge in [-0.2, -0.15) is 0 Å². The predicted octanol–water partition coefficient (Wildman–Crippen LogP) is 3.43. The minimum Gasteiger partial charge on any atom is -0.379 e. The fourth-order valence-corrected chi connectivity index (χ4v) is 4.92. The quantitative estimate of drug-likeness (QED) is 0.513. The van der Waals surface area contributed by atoms with Gasteiger partial charge in [-0.3, -0.25) is 14.4 Å². The number of halogens is 1. The summed E-state index contributed by atoms with van der Waals surface area (Å²) in [7, 11) is -3.77. The molecular weight excluding hydrogens is 457 g/mol. The van der Waals surface area contributed by atoms with E-state index in [-0.39, 0.29) is 29.2 Å². The topological polar surface area (TPSA) is 87.7 Å². The Morgan fingerprint density at radius 2 is 1.68 bits per heavy atom. The van der Waals surface area contributed by atoms with Gasteiger partial charge in [0.25, 0.3) is 15.9 Å². The van der Waals surface area contributed by atoms with Crippen LogP contribution >= 0.6 is 0 Å². The van der Waals surface area contributed by atoms with Crippen molar-refractivity contribution in [1.82, 2.24) is 10.2 Å². The average Bonchev–Trinajstić information content (AvgIpc) is 2.85. The van der Waals surface area contributed by atoms with Gasteiger partial charge < -0.3 is 10.1 Å². The molecule has 178 valence electrons. The molecule has 4 rings (SSSR count). The normalized spacial score (nSPS) is 15.4. The predicted molar refractivity (Wildman–Crippen MR) is 128 cm³/mol. The summed E-state index contributed by atoms with van der Waals surface area (Å²) in [6.07, 6.45) is 0. The van der Waals surface area contributed by atoms with Crippen molar-refractivity contribution in [3.8, 4) is 0 Å². The van der Waals surface area contributed by atoms with Crippen LogP contribution in [0.4, 0.5) is 10.1 Å². The lowest BCUT2D eigenvalue weighted by atomic mass is 10.0. The summed E-state index contributed by atoms with van der Waals surface area (Å²) in [6.45, 7) is 2.79. The maximum absolute atomic E-state index is 13.8. The third-order valence-corrected chi connectivity index (χ3v) is 7.03. The van der Waals surface area contributed by atoms with Crippen LogP contribution < -0.4 is 10.0 Å². The van der Waals surface area contributed by atoms with Gasteiger partial charge in [-0.1, -0.05) is 30.3 Å². The van der Waals surface area contributed by atoms with E-state index in [4.69, 9.17) is 4.74 Å². The number of anilines is 1. The second kappa shape index (κ2) is 10.8. The lowest BCUT2D eigenvalue weighted by Gasteiger charge is -2.35. The van der Waals surface area contributed by atoms with Crippen molar-refractivity contribution in [3.63, 3.8) is 0 Å². The molecule has 1 unspecified atom stereocenters. The first-order valence-corrected chi connectivity index (χ1v) is 12.4. The standard InChI is InChI=1S/C25H26FN3O4S/c26-21-6-4-5-20(17-21)24(29-13-15-33-16-14-29)18-27-25(30)19-9-11-23(12-10-19)34(31,32)28-22-7-2-1-3-8-22/h1-12,17,24,28H,13-16,18H2,(H,27,30). The van der Waals surface area contributed by atoms with Crippen molar-refractivity contribution >= 4 is 21.6 Å². The van der Waals surface area contributed by atoms with Crippen LogP contribution in [0.15, 0.2) is 83.8 Å². The number of sulfonamides is 1. The zero-order chi connectivity index (χ0) is 24.0. The highest BCUT2D eigenvalue weighted by Gasteiger charge is 2.24. The maximum Gasteiger partial charge on any atom is 0.261 e. The van der Waals surface area contributed by atoms with Crippen LogP contribution in [0, 0.1) is 5.82 Å². The van der Waals surface area contributed by atoms with Crippen LogP contribution in [0.5, 0.6) is 0 Å². The molecule has 34 heavy (non-hydrogen) atoms. The molecule has 2 N–H and O–H groups in total. The zero-order valence-corrected chi connectivity index (χ0v) is 19.3. The molecule has 1 saturated heterocycles. The van der Waals surface area contributed by atoms with Gasteiger partial charge in [-0.25, -0.2) is 12.8 Å². The fraction of sp³-hybridized carbons (Fsp3) is 0.240. The van der Waals surface area contributed by atoms with Crippen molar-refractivity contribution in [3.05, 3.63) is 95.8 Å². The van der Waals surface area contributed by atoms with E-state index in [9.17, 15) is 17.6 Å². The van der Waals surface area contributed by atoms with Crippen LogP contribution in [-0.4, -0.2) is 52.1 Å². The number of benzene rings is 3. The highest BCUT2D eigenvalue weighted by atomic mass is 32.2. The average molecular weight is 484 g/mol. The molecule has 1 atom stereocenters. The van der Waals surface area contributed by atoms with Crippen LogP contribution in [0.1, 0.15) is 22.0 Å². The first-order chi connectivity index (χ1) is 16.4. The molecule has 0 bridgehead atoms. The van der Waals surface area contributed by atoms with Gasteiger partial charge in [0.2, 0.25) is 0 Å². The van der Waals surface area contributed by atoms with E-state index in [2.05, 4.69) is 14.9 Å². The molecule has 1 heterocycles. The second-order valence-electron chi connectivity index (χ2n) is 7.93. The molecule has 1 aliphatic heterocycles. The van der Waals surface area contributed by atoms with E-state index in [1.807, 2.05) is 6.07 Å². The first kappa shape index (κ1) is 23.9. The molecule has 0 saturated carbocycles. The smallest absolute Gasteiger partial charge is 0.261 e. The Hall–Kier alpha value is -3.27. The van der Waals surface area contributed by atoms with Crippen molar-refractivity contribution in [2.24, 2.45) is 0 Å². The van der Waals surface area contributed by atoms with Crippen molar-refractivity contribution in [2.45, 2.75) is 10.9 Å². The number of carbonyl (C=O) groups is 1. The molecule has 3 aromatic rings. The Morgan fingerprint density at radius 1 is 0.971 bits per heavy atom.